The van der Waals surface area contributed by atoms with Crippen LogP contribution in [0.4, 0.5) is 0 Å². The summed E-state index contributed by atoms with van der Waals surface area (Å²) in [5, 5.41) is 4.92. The topological polar surface area (TPSA) is 47.4 Å². The molecule has 1 saturated heterocycles. The molecule has 4 aromatic carbocycles. The molecule has 0 N–H and O–H groups in total. The molecule has 1 aromatic heterocycles. The van der Waals surface area contributed by atoms with Crippen LogP contribution < -0.4 is 4.74 Å². The van der Waals surface area contributed by atoms with Crippen molar-refractivity contribution >= 4 is 40.3 Å². The van der Waals surface area contributed by atoms with Gasteiger partial charge in [-0.15, -0.1) is 0 Å². The zero-order valence-corrected chi connectivity index (χ0v) is 24.1. The van der Waals surface area contributed by atoms with Crippen LogP contribution in [0.3, 0.4) is 0 Å². The molecule has 0 aliphatic carbocycles. The second kappa shape index (κ2) is 12.0. The van der Waals surface area contributed by atoms with E-state index in [1.807, 2.05) is 102 Å². The van der Waals surface area contributed by atoms with E-state index in [1.165, 1.54) is 17.3 Å². The van der Waals surface area contributed by atoms with Crippen LogP contribution in [0.5, 0.6) is 5.75 Å². The van der Waals surface area contributed by atoms with Crippen LogP contribution in [-0.2, 0) is 17.9 Å². The fraction of sp³-hybridized carbons (Fsp3) is 0.0882. The standard InChI is InChI=1S/C34H27N3O2S2/c1-24-12-14-26(15-13-24)23-39-30-18-16-27(17-19-30)32-28(22-37(35-32)29-10-6-3-7-11-29)20-31-33(38)36(34(40)41-31)21-25-8-4-2-5-9-25/h2-20,22H,21,23H2,1H3/b31-20-. The van der Waals surface area contributed by atoms with E-state index in [0.717, 1.165) is 39.4 Å². The zero-order valence-electron chi connectivity index (χ0n) is 22.4. The summed E-state index contributed by atoms with van der Waals surface area (Å²) < 4.78 is 8.41. The molecule has 0 spiro atoms. The van der Waals surface area contributed by atoms with Gasteiger partial charge in [0.25, 0.3) is 5.91 Å². The van der Waals surface area contributed by atoms with E-state index in [2.05, 4.69) is 31.2 Å². The van der Waals surface area contributed by atoms with Crippen molar-refractivity contribution in [2.75, 3.05) is 0 Å². The number of hydrogen-bond acceptors (Lipinski definition) is 5. The minimum Gasteiger partial charge on any atom is -0.489 e. The first-order valence-corrected chi connectivity index (χ1v) is 14.5. The van der Waals surface area contributed by atoms with E-state index in [1.54, 1.807) is 4.90 Å². The maximum Gasteiger partial charge on any atom is 0.266 e. The van der Waals surface area contributed by atoms with Crippen molar-refractivity contribution in [3.05, 3.63) is 143 Å². The number of benzene rings is 4. The van der Waals surface area contributed by atoms with Crippen LogP contribution in [0.2, 0.25) is 0 Å². The van der Waals surface area contributed by atoms with E-state index in [-0.39, 0.29) is 5.91 Å². The van der Waals surface area contributed by atoms with Crippen molar-refractivity contribution < 1.29 is 9.53 Å². The Hall–Kier alpha value is -4.46. The molecular weight excluding hydrogens is 547 g/mol. The second-order valence-electron chi connectivity index (χ2n) is 9.77. The summed E-state index contributed by atoms with van der Waals surface area (Å²) in [5.74, 6) is 0.683. The van der Waals surface area contributed by atoms with Gasteiger partial charge in [0, 0.05) is 17.3 Å². The fourth-order valence-electron chi connectivity index (χ4n) is 4.53. The summed E-state index contributed by atoms with van der Waals surface area (Å²) >= 11 is 6.92. The molecular formula is C34H27N3O2S2. The van der Waals surface area contributed by atoms with Gasteiger partial charge >= 0.3 is 0 Å². The number of amides is 1. The highest BCUT2D eigenvalue weighted by atomic mass is 32.2. The molecule has 1 amide bonds. The van der Waals surface area contributed by atoms with Gasteiger partial charge in [-0.25, -0.2) is 4.68 Å². The van der Waals surface area contributed by atoms with Gasteiger partial charge in [0.15, 0.2) is 0 Å². The van der Waals surface area contributed by atoms with Crippen molar-refractivity contribution in [3.63, 3.8) is 0 Å². The number of para-hydroxylation sites is 1. The number of aromatic nitrogens is 2. The van der Waals surface area contributed by atoms with Crippen LogP contribution in [0.25, 0.3) is 23.0 Å². The monoisotopic (exact) mass is 573 g/mol. The molecule has 202 valence electrons. The third-order valence-corrected chi connectivity index (χ3v) is 8.14. The number of aryl methyl sites for hydroxylation is 1. The molecule has 41 heavy (non-hydrogen) atoms. The molecule has 0 unspecified atom stereocenters. The van der Waals surface area contributed by atoms with Gasteiger partial charge in [-0.3, -0.25) is 9.69 Å². The van der Waals surface area contributed by atoms with Gasteiger partial charge in [-0.05, 0) is 60.5 Å². The Morgan fingerprint density at radius 2 is 1.54 bits per heavy atom. The van der Waals surface area contributed by atoms with Gasteiger partial charge in [-0.2, -0.15) is 5.10 Å². The number of rotatable bonds is 8. The number of ether oxygens (including phenoxy) is 1. The lowest BCUT2D eigenvalue weighted by atomic mass is 10.1. The Morgan fingerprint density at radius 1 is 0.854 bits per heavy atom. The van der Waals surface area contributed by atoms with Crippen molar-refractivity contribution in [2.24, 2.45) is 0 Å². The Bertz CT molecular complexity index is 1710. The summed E-state index contributed by atoms with van der Waals surface area (Å²) in [6.07, 6.45) is 3.85. The first-order valence-electron chi connectivity index (χ1n) is 13.3. The third-order valence-electron chi connectivity index (χ3n) is 6.76. The first-order chi connectivity index (χ1) is 20.0. The Labute approximate surface area is 249 Å². The van der Waals surface area contributed by atoms with Crippen LogP contribution in [-0.4, -0.2) is 24.9 Å². The number of thiocarbonyl (C=S) groups is 1. The number of carbonyl (C=O) groups is 1. The summed E-state index contributed by atoms with van der Waals surface area (Å²) in [7, 11) is 0. The van der Waals surface area contributed by atoms with Crippen molar-refractivity contribution in [3.8, 4) is 22.7 Å². The quantitative estimate of drug-likeness (QED) is 0.140. The lowest BCUT2D eigenvalue weighted by Gasteiger charge is -2.14. The average Bonchev–Trinajstić information content (AvgIpc) is 3.54. The Morgan fingerprint density at radius 3 is 2.24 bits per heavy atom. The molecule has 6 rings (SSSR count). The molecule has 0 saturated carbocycles. The number of hydrogen-bond donors (Lipinski definition) is 0. The minimum atomic E-state index is -0.0953. The summed E-state index contributed by atoms with van der Waals surface area (Å²) in [5.41, 5.74) is 6.84. The molecule has 5 nitrogen and oxygen atoms in total. The van der Waals surface area contributed by atoms with Gasteiger partial charge in [0.1, 0.15) is 16.7 Å². The van der Waals surface area contributed by atoms with E-state index in [9.17, 15) is 4.79 Å². The summed E-state index contributed by atoms with van der Waals surface area (Å²) in [4.78, 5) is 15.6. The van der Waals surface area contributed by atoms with Crippen LogP contribution in [0, 0.1) is 6.92 Å². The van der Waals surface area contributed by atoms with Crippen LogP contribution >= 0.6 is 24.0 Å². The van der Waals surface area contributed by atoms with E-state index < -0.39 is 0 Å². The van der Waals surface area contributed by atoms with E-state index in [0.29, 0.717) is 22.4 Å². The lowest BCUT2D eigenvalue weighted by Crippen LogP contribution is -2.27. The molecule has 5 aromatic rings. The summed E-state index contributed by atoms with van der Waals surface area (Å²) in [6.45, 7) is 3.02. The smallest absolute Gasteiger partial charge is 0.266 e. The highest BCUT2D eigenvalue weighted by Gasteiger charge is 2.32. The Balaban J connectivity index is 1.28. The predicted molar refractivity (Wildman–Crippen MR) is 170 cm³/mol. The SMILES string of the molecule is Cc1ccc(COc2ccc(-c3nn(-c4ccccc4)cc3/C=C3\SC(=S)N(Cc4ccccc4)C3=O)cc2)cc1. The molecule has 1 aliphatic heterocycles. The molecule has 0 bridgehead atoms. The number of thioether (sulfide) groups is 1. The van der Waals surface area contributed by atoms with Gasteiger partial charge in [0.2, 0.25) is 0 Å². The van der Waals surface area contributed by atoms with E-state index >= 15 is 0 Å². The third kappa shape index (κ3) is 6.16. The Kier molecular flexibility index (Phi) is 7.80. The number of nitrogens with zero attached hydrogens (tertiary/aromatic N) is 3. The number of carbonyl (C=O) groups excluding carboxylic acids is 1. The van der Waals surface area contributed by atoms with Gasteiger partial charge in [-0.1, -0.05) is 102 Å². The van der Waals surface area contributed by atoms with Gasteiger partial charge in [0.05, 0.1) is 22.8 Å². The molecule has 0 atom stereocenters. The molecule has 2 heterocycles. The zero-order chi connectivity index (χ0) is 28.2. The highest BCUT2D eigenvalue weighted by molar-refractivity contribution is 8.26. The summed E-state index contributed by atoms with van der Waals surface area (Å²) in [6, 6.07) is 36.1. The highest BCUT2D eigenvalue weighted by Crippen LogP contribution is 2.36. The maximum absolute atomic E-state index is 13.4. The fourth-order valence-corrected chi connectivity index (χ4v) is 5.78. The normalized spacial score (nSPS) is 14.2. The van der Waals surface area contributed by atoms with Gasteiger partial charge < -0.3 is 4.74 Å². The van der Waals surface area contributed by atoms with Crippen LogP contribution in [0.1, 0.15) is 22.3 Å². The maximum atomic E-state index is 13.4. The molecule has 0 radical (unpaired) electrons. The molecule has 1 fully saturated rings. The molecule has 1 aliphatic rings. The van der Waals surface area contributed by atoms with Crippen LogP contribution in [0.15, 0.2) is 120 Å². The second-order valence-corrected chi connectivity index (χ2v) is 11.4. The van der Waals surface area contributed by atoms with E-state index in [4.69, 9.17) is 22.1 Å². The van der Waals surface area contributed by atoms with Crippen molar-refractivity contribution in [2.45, 2.75) is 20.1 Å². The van der Waals surface area contributed by atoms with Crippen molar-refractivity contribution in [1.82, 2.24) is 14.7 Å². The molecule has 7 heteroatoms. The predicted octanol–water partition coefficient (Wildman–Crippen LogP) is 7.83. The minimum absolute atomic E-state index is 0.0953. The lowest BCUT2D eigenvalue weighted by molar-refractivity contribution is -0.122. The first kappa shape index (κ1) is 26.7. The largest absolute Gasteiger partial charge is 0.489 e. The average molecular weight is 574 g/mol. The van der Waals surface area contributed by atoms with Crippen molar-refractivity contribution in [1.29, 1.82) is 0 Å².